The highest BCUT2D eigenvalue weighted by Crippen LogP contribution is 2.17. The number of carbonyl (C=O) groups excluding carboxylic acids is 3. The van der Waals surface area contributed by atoms with E-state index in [2.05, 4.69) is 15.6 Å². The van der Waals surface area contributed by atoms with E-state index in [1.807, 2.05) is 0 Å². The van der Waals surface area contributed by atoms with E-state index in [-0.39, 0.29) is 31.9 Å². The van der Waals surface area contributed by atoms with E-state index in [0.717, 1.165) is 0 Å². The molecular weight excluding hydrogens is 426 g/mol. The van der Waals surface area contributed by atoms with Gasteiger partial charge in [-0.3, -0.25) is 24.2 Å². The molecule has 0 radical (unpaired) electrons. The van der Waals surface area contributed by atoms with E-state index in [4.69, 9.17) is 27.4 Å². The van der Waals surface area contributed by atoms with Crippen molar-refractivity contribution < 1.29 is 34.2 Å². The molecule has 3 amide bonds. The minimum atomic E-state index is -1.23. The maximum Gasteiger partial charge on any atom is 0.326 e. The largest absolute Gasteiger partial charge is 0.481 e. The fourth-order valence-electron chi connectivity index (χ4n) is 3.18. The molecule has 3 unspecified atom stereocenters. The van der Waals surface area contributed by atoms with E-state index in [9.17, 15) is 24.0 Å². The van der Waals surface area contributed by atoms with Gasteiger partial charge in [0.2, 0.25) is 17.7 Å². The number of hydrogen-bond acceptors (Lipinski definition) is 7. The van der Waals surface area contributed by atoms with Gasteiger partial charge >= 0.3 is 11.9 Å². The molecule has 1 aliphatic heterocycles. The van der Waals surface area contributed by atoms with Gasteiger partial charge in [-0.25, -0.2) is 4.79 Å². The molecule has 1 saturated heterocycles. The molecule has 0 aliphatic carbocycles. The van der Waals surface area contributed by atoms with Gasteiger partial charge in [-0.1, -0.05) is 0 Å². The van der Waals surface area contributed by atoms with Gasteiger partial charge in [0.25, 0.3) is 0 Å². The van der Waals surface area contributed by atoms with E-state index >= 15 is 0 Å². The van der Waals surface area contributed by atoms with Gasteiger partial charge in [0.15, 0.2) is 5.96 Å². The number of rotatable bonds is 13. The molecular formula is C18H31N7O7. The first kappa shape index (κ1) is 26.6. The van der Waals surface area contributed by atoms with Gasteiger partial charge in [-0.05, 0) is 32.1 Å². The van der Waals surface area contributed by atoms with Crippen molar-refractivity contribution in [3.8, 4) is 0 Å². The number of guanidine groups is 1. The Bertz CT molecular complexity index is 739. The van der Waals surface area contributed by atoms with Crippen LogP contribution in [0.25, 0.3) is 0 Å². The monoisotopic (exact) mass is 457 g/mol. The number of aliphatic carboxylic acids is 2. The van der Waals surface area contributed by atoms with Crippen molar-refractivity contribution in [3.05, 3.63) is 0 Å². The summed E-state index contributed by atoms with van der Waals surface area (Å²) in [6, 6.07) is -3.16. The first-order valence-electron chi connectivity index (χ1n) is 10.2. The van der Waals surface area contributed by atoms with E-state index in [0.29, 0.717) is 19.3 Å². The van der Waals surface area contributed by atoms with Crippen molar-refractivity contribution in [1.82, 2.24) is 15.5 Å². The number of aliphatic imine (C=N–C) groups is 1. The predicted molar refractivity (Wildman–Crippen MR) is 112 cm³/mol. The molecule has 1 aliphatic rings. The van der Waals surface area contributed by atoms with Crippen molar-refractivity contribution in [1.29, 1.82) is 0 Å². The lowest BCUT2D eigenvalue weighted by molar-refractivity contribution is -0.148. The number of nitrogens with one attached hydrogen (secondary N) is 2. The van der Waals surface area contributed by atoms with Crippen LogP contribution in [0.4, 0.5) is 0 Å². The van der Waals surface area contributed by atoms with Crippen LogP contribution in [0.2, 0.25) is 0 Å². The summed E-state index contributed by atoms with van der Waals surface area (Å²) < 4.78 is 0. The van der Waals surface area contributed by atoms with Crippen LogP contribution >= 0.6 is 0 Å². The lowest BCUT2D eigenvalue weighted by Crippen LogP contribution is -2.53. The number of likely N-dealkylation sites (tertiary alicyclic amines) is 1. The molecule has 0 spiro atoms. The number of carboxylic acids is 2. The number of nitrogens with zero attached hydrogens (tertiary/aromatic N) is 2. The summed E-state index contributed by atoms with van der Waals surface area (Å²) in [7, 11) is 0. The summed E-state index contributed by atoms with van der Waals surface area (Å²) in [6.45, 7) is 0.0500. The third kappa shape index (κ3) is 9.16. The van der Waals surface area contributed by atoms with Crippen LogP contribution in [0.3, 0.4) is 0 Å². The summed E-state index contributed by atoms with van der Waals surface area (Å²) in [5.74, 6) is -4.41. The van der Waals surface area contributed by atoms with E-state index < -0.39 is 60.8 Å². The van der Waals surface area contributed by atoms with Crippen molar-refractivity contribution in [2.75, 3.05) is 19.6 Å². The normalized spacial score (nSPS) is 17.2. The summed E-state index contributed by atoms with van der Waals surface area (Å²) in [6.07, 6.45) is 0.873. The summed E-state index contributed by atoms with van der Waals surface area (Å²) >= 11 is 0. The van der Waals surface area contributed by atoms with Crippen LogP contribution in [0, 0.1) is 0 Å². The molecule has 180 valence electrons. The van der Waals surface area contributed by atoms with Crippen LogP contribution in [-0.4, -0.2) is 88.5 Å². The van der Waals surface area contributed by atoms with Crippen molar-refractivity contribution >= 4 is 35.6 Å². The topological polar surface area (TPSA) is 244 Å². The van der Waals surface area contributed by atoms with Gasteiger partial charge in [0, 0.05) is 19.5 Å². The average molecular weight is 457 g/mol. The number of carbonyl (C=O) groups is 5. The zero-order valence-electron chi connectivity index (χ0n) is 17.7. The first-order valence-corrected chi connectivity index (χ1v) is 10.2. The second-order valence-corrected chi connectivity index (χ2v) is 7.35. The van der Waals surface area contributed by atoms with Crippen molar-refractivity contribution in [3.63, 3.8) is 0 Å². The SMILES string of the molecule is NC(N)=NCCCC(N)C(=O)NC(CCC(=O)O)C(=O)NCC(=O)N1CCCC1C(=O)O. The maximum absolute atomic E-state index is 12.5. The first-order chi connectivity index (χ1) is 15.0. The Morgan fingerprint density at radius 2 is 1.78 bits per heavy atom. The van der Waals surface area contributed by atoms with Crippen molar-refractivity contribution in [2.24, 2.45) is 22.2 Å². The predicted octanol–water partition coefficient (Wildman–Crippen LogP) is -3.09. The maximum atomic E-state index is 12.5. The van der Waals surface area contributed by atoms with Gasteiger partial charge in [-0.2, -0.15) is 0 Å². The molecule has 10 N–H and O–H groups in total. The Morgan fingerprint density at radius 3 is 2.38 bits per heavy atom. The Hall–Kier alpha value is -3.42. The number of hydrogen-bond donors (Lipinski definition) is 7. The van der Waals surface area contributed by atoms with Crippen LogP contribution in [0.1, 0.15) is 38.5 Å². The molecule has 0 bridgehead atoms. The standard InChI is InChI=1S/C18H31N7O7/c19-10(3-1-7-22-18(20)21)15(29)24-11(5-6-14(27)28)16(30)23-9-13(26)25-8-2-4-12(25)17(31)32/h10-12H,1-9,19H2,(H,23,30)(H,24,29)(H,27,28)(H,31,32)(H4,20,21,22). The highest BCUT2D eigenvalue weighted by atomic mass is 16.4. The number of nitrogens with two attached hydrogens (primary N) is 3. The van der Waals surface area contributed by atoms with Gasteiger partial charge in [-0.15, -0.1) is 0 Å². The molecule has 14 heteroatoms. The zero-order chi connectivity index (χ0) is 24.3. The second kappa shape index (κ2) is 13.1. The lowest BCUT2D eigenvalue weighted by Gasteiger charge is -2.23. The van der Waals surface area contributed by atoms with Crippen LogP contribution < -0.4 is 27.8 Å². The molecule has 1 rings (SSSR count). The minimum absolute atomic E-state index is 0.0911. The third-order valence-corrected chi connectivity index (χ3v) is 4.86. The second-order valence-electron chi connectivity index (χ2n) is 7.35. The van der Waals surface area contributed by atoms with Crippen LogP contribution in [0.5, 0.6) is 0 Å². The third-order valence-electron chi connectivity index (χ3n) is 4.86. The van der Waals surface area contributed by atoms with Crippen molar-refractivity contribution in [2.45, 2.75) is 56.7 Å². The van der Waals surface area contributed by atoms with Gasteiger partial charge < -0.3 is 42.9 Å². The molecule has 0 aromatic rings. The number of amides is 3. The summed E-state index contributed by atoms with van der Waals surface area (Å²) in [4.78, 5) is 64.1. The summed E-state index contributed by atoms with van der Waals surface area (Å²) in [5.41, 5.74) is 16.2. The van der Waals surface area contributed by atoms with E-state index in [1.54, 1.807) is 0 Å². The fraction of sp³-hybridized carbons (Fsp3) is 0.667. The lowest BCUT2D eigenvalue weighted by atomic mass is 10.1. The highest BCUT2D eigenvalue weighted by molar-refractivity contribution is 5.93. The molecule has 0 saturated carbocycles. The minimum Gasteiger partial charge on any atom is -0.481 e. The molecule has 1 fully saturated rings. The van der Waals surface area contributed by atoms with Crippen LogP contribution in [-0.2, 0) is 24.0 Å². The van der Waals surface area contributed by atoms with Gasteiger partial charge in [0.1, 0.15) is 12.1 Å². The molecule has 14 nitrogen and oxygen atoms in total. The quantitative estimate of drug-likeness (QED) is 0.0834. The molecule has 3 atom stereocenters. The Labute approximate surface area is 184 Å². The Kier molecular flexibility index (Phi) is 10.9. The zero-order valence-corrected chi connectivity index (χ0v) is 17.7. The molecule has 1 heterocycles. The van der Waals surface area contributed by atoms with E-state index in [1.165, 1.54) is 4.90 Å². The number of carboxylic acid groups (broad SMARTS) is 2. The molecule has 32 heavy (non-hydrogen) atoms. The Balaban J connectivity index is 2.64. The smallest absolute Gasteiger partial charge is 0.326 e. The van der Waals surface area contributed by atoms with Crippen LogP contribution in [0.15, 0.2) is 4.99 Å². The van der Waals surface area contributed by atoms with Gasteiger partial charge in [0.05, 0.1) is 12.6 Å². The Morgan fingerprint density at radius 1 is 1.09 bits per heavy atom. The fourth-order valence-corrected chi connectivity index (χ4v) is 3.18. The molecule has 0 aromatic carbocycles. The average Bonchev–Trinajstić information content (AvgIpc) is 3.21. The molecule has 0 aromatic heterocycles. The summed E-state index contributed by atoms with van der Waals surface area (Å²) in [5, 5.41) is 22.8. The highest BCUT2D eigenvalue weighted by Gasteiger charge is 2.34.